The molecule has 1 aliphatic carbocycles. The van der Waals surface area contributed by atoms with Crippen LogP contribution in [-0.2, 0) is 4.79 Å². The molecule has 1 aliphatic rings. The number of rotatable bonds is 5. The van der Waals surface area contributed by atoms with Gasteiger partial charge in [-0.3, -0.25) is 9.59 Å². The zero-order valence-corrected chi connectivity index (χ0v) is 21.0. The summed E-state index contributed by atoms with van der Waals surface area (Å²) in [5.74, 6) is -7.29. The van der Waals surface area contributed by atoms with Crippen molar-refractivity contribution in [2.24, 2.45) is 5.92 Å². The minimum Gasteiger partial charge on any atom is -0.326 e. The molecule has 35 heavy (non-hydrogen) atoms. The van der Waals surface area contributed by atoms with Gasteiger partial charge in [-0.25, -0.2) is 17.6 Å². The maximum Gasteiger partial charge on any atom is 0.257 e. The molecule has 0 unspecified atom stereocenters. The average molecular weight is 611 g/mol. The van der Waals surface area contributed by atoms with Crippen LogP contribution >= 0.6 is 50.7 Å². The average Bonchev–Trinajstić information content (AvgIpc) is 3.37. The topological polar surface area (TPSA) is 58.2 Å². The van der Waals surface area contributed by atoms with Crippen LogP contribution in [-0.4, -0.2) is 16.1 Å². The minimum absolute atomic E-state index is 0.00277. The Morgan fingerprint density at radius 2 is 1.63 bits per heavy atom. The van der Waals surface area contributed by atoms with E-state index in [2.05, 4.69) is 26.6 Å². The number of hydrogen-bond acceptors (Lipinski definition) is 2. The second-order valence-electron chi connectivity index (χ2n) is 7.69. The van der Waals surface area contributed by atoms with Gasteiger partial charge >= 0.3 is 0 Å². The minimum atomic E-state index is -1.58. The summed E-state index contributed by atoms with van der Waals surface area (Å²) < 4.78 is 52.7. The van der Waals surface area contributed by atoms with Crippen LogP contribution in [0.5, 0.6) is 0 Å². The molecule has 4 nitrogen and oxygen atoms in total. The highest BCUT2D eigenvalue weighted by Gasteiger charge is 2.67. The molecule has 0 radical (unpaired) electrons. The Balaban J connectivity index is 1.52. The Labute approximate surface area is 219 Å². The van der Waals surface area contributed by atoms with Gasteiger partial charge in [-0.05, 0) is 64.0 Å². The predicted molar refractivity (Wildman–Crippen MR) is 129 cm³/mol. The Morgan fingerprint density at radius 3 is 2.29 bits per heavy atom. The van der Waals surface area contributed by atoms with Gasteiger partial charge in [0.25, 0.3) is 5.91 Å². The van der Waals surface area contributed by atoms with Gasteiger partial charge in [0, 0.05) is 17.7 Å². The molecule has 3 aromatic rings. The summed E-state index contributed by atoms with van der Waals surface area (Å²) in [5, 5.41) is 4.83. The number of anilines is 2. The van der Waals surface area contributed by atoms with Crippen molar-refractivity contribution < 1.29 is 27.2 Å². The van der Waals surface area contributed by atoms with E-state index in [1.54, 1.807) is 0 Å². The fourth-order valence-corrected chi connectivity index (χ4v) is 5.09. The number of carbonyl (C=O) groups is 2. The highest BCUT2D eigenvalue weighted by molar-refractivity contribution is 9.10. The smallest absolute Gasteiger partial charge is 0.257 e. The van der Waals surface area contributed by atoms with Crippen LogP contribution in [0.1, 0.15) is 21.8 Å². The lowest BCUT2D eigenvalue weighted by Crippen LogP contribution is -2.18. The fraction of sp³-hybridized carbons (Fsp3) is 0.130. The van der Waals surface area contributed by atoms with Crippen LogP contribution in [0.3, 0.4) is 0 Å². The third-order valence-electron chi connectivity index (χ3n) is 5.36. The first-order chi connectivity index (χ1) is 16.4. The molecule has 1 saturated carbocycles. The van der Waals surface area contributed by atoms with Gasteiger partial charge < -0.3 is 10.6 Å². The Kier molecular flexibility index (Phi) is 7.07. The number of hydrogen-bond donors (Lipinski definition) is 2. The molecular weight excluding hydrogens is 599 g/mol. The number of nitrogens with one attached hydrogen (secondary N) is 2. The van der Waals surface area contributed by atoms with Crippen LogP contribution in [0.25, 0.3) is 0 Å². The maximum absolute atomic E-state index is 13.9. The number of amides is 2. The van der Waals surface area contributed by atoms with Crippen LogP contribution in [0.15, 0.2) is 53.0 Å². The van der Waals surface area contributed by atoms with Crippen molar-refractivity contribution in [3.8, 4) is 0 Å². The standard InChI is InChI=1S/C23H12BrCl3F4N2O2/c24-13-5-9(6-16(30)20(13)31)18-19(23(18,26)27)22(35)32-11-2-3-14(25)12(8-11)21(34)33-17-4-1-10(28)7-15(17)29/h1-8,18-19H,(H,32,35)(H,33,34)/t18-,19+/m0/s1. The van der Waals surface area contributed by atoms with Crippen LogP contribution in [0, 0.1) is 29.2 Å². The molecule has 2 amide bonds. The molecule has 0 aliphatic heterocycles. The van der Waals surface area contributed by atoms with E-state index in [1.165, 1.54) is 24.3 Å². The summed E-state index contributed by atoms with van der Waals surface area (Å²) >= 11 is 21.5. The van der Waals surface area contributed by atoms with E-state index in [9.17, 15) is 27.2 Å². The molecule has 0 saturated heterocycles. The fourth-order valence-electron chi connectivity index (χ4n) is 3.60. The summed E-state index contributed by atoms with van der Waals surface area (Å²) in [5.41, 5.74) is -0.00799. The third-order valence-corrected chi connectivity index (χ3v) is 7.21. The first kappa shape index (κ1) is 25.8. The van der Waals surface area contributed by atoms with Crippen LogP contribution in [0.2, 0.25) is 5.02 Å². The van der Waals surface area contributed by atoms with Crippen LogP contribution in [0.4, 0.5) is 28.9 Å². The molecule has 12 heteroatoms. The molecule has 182 valence electrons. The van der Waals surface area contributed by atoms with E-state index in [4.69, 9.17) is 34.8 Å². The highest BCUT2D eigenvalue weighted by Crippen LogP contribution is 2.65. The van der Waals surface area contributed by atoms with Gasteiger partial charge in [-0.2, -0.15) is 0 Å². The predicted octanol–water partition coefficient (Wildman–Crippen LogP) is 7.44. The number of carbonyl (C=O) groups excluding carboxylic acids is 2. The molecule has 0 bridgehead atoms. The van der Waals surface area contributed by atoms with Gasteiger partial charge in [-0.15, -0.1) is 23.2 Å². The number of halogens is 8. The zero-order valence-electron chi connectivity index (χ0n) is 17.1. The molecule has 0 spiro atoms. The molecular formula is C23H12BrCl3F4N2O2. The summed E-state index contributed by atoms with van der Waals surface area (Å²) in [6.45, 7) is 0. The van der Waals surface area contributed by atoms with Gasteiger partial charge in [-0.1, -0.05) is 11.6 Å². The maximum atomic E-state index is 13.9. The third kappa shape index (κ3) is 5.14. The Morgan fingerprint density at radius 1 is 0.914 bits per heavy atom. The lowest BCUT2D eigenvalue weighted by molar-refractivity contribution is -0.117. The van der Waals surface area contributed by atoms with Crippen molar-refractivity contribution in [3.63, 3.8) is 0 Å². The van der Waals surface area contributed by atoms with Crippen molar-refractivity contribution in [2.45, 2.75) is 10.3 Å². The van der Waals surface area contributed by atoms with E-state index in [0.717, 1.165) is 18.2 Å². The second kappa shape index (κ2) is 9.61. The number of benzene rings is 3. The SMILES string of the molecule is O=C(Nc1ccc(F)cc1F)c1cc(NC(=O)[C@H]2[C@H](c3cc(F)c(F)c(Br)c3)C2(Cl)Cl)ccc1Cl. The van der Waals surface area contributed by atoms with E-state index in [0.29, 0.717) is 6.07 Å². The van der Waals surface area contributed by atoms with Gasteiger partial charge in [0.05, 0.1) is 26.7 Å². The molecule has 4 rings (SSSR count). The monoisotopic (exact) mass is 608 g/mol. The van der Waals surface area contributed by atoms with Gasteiger partial charge in [0.1, 0.15) is 16.0 Å². The normalized spacial score (nSPS) is 18.2. The second-order valence-corrected chi connectivity index (χ2v) is 10.4. The van der Waals surface area contributed by atoms with Gasteiger partial charge in [0.15, 0.2) is 11.6 Å². The quantitative estimate of drug-likeness (QED) is 0.179. The van der Waals surface area contributed by atoms with Crippen molar-refractivity contribution >= 4 is 73.9 Å². The summed E-state index contributed by atoms with van der Waals surface area (Å²) in [6.07, 6.45) is 0. The van der Waals surface area contributed by atoms with E-state index < -0.39 is 51.3 Å². The lowest BCUT2D eigenvalue weighted by Gasteiger charge is -2.11. The summed E-state index contributed by atoms with van der Waals surface area (Å²) in [7, 11) is 0. The van der Waals surface area contributed by atoms with Gasteiger partial charge in [0.2, 0.25) is 5.91 Å². The van der Waals surface area contributed by atoms with Crippen molar-refractivity contribution in [1.82, 2.24) is 0 Å². The first-order valence-corrected chi connectivity index (χ1v) is 11.7. The van der Waals surface area contributed by atoms with Crippen LogP contribution < -0.4 is 10.6 Å². The van der Waals surface area contributed by atoms with Crippen molar-refractivity contribution in [3.05, 3.63) is 92.4 Å². The lowest BCUT2D eigenvalue weighted by atomic mass is 10.1. The Bertz CT molecular complexity index is 1350. The largest absolute Gasteiger partial charge is 0.326 e. The summed E-state index contributed by atoms with van der Waals surface area (Å²) in [6, 6.07) is 8.81. The van der Waals surface area contributed by atoms with E-state index in [-0.39, 0.29) is 32.0 Å². The molecule has 0 heterocycles. The highest BCUT2D eigenvalue weighted by atomic mass is 79.9. The molecule has 2 atom stereocenters. The summed E-state index contributed by atoms with van der Waals surface area (Å²) in [4.78, 5) is 25.5. The van der Waals surface area contributed by atoms with E-state index >= 15 is 0 Å². The van der Waals surface area contributed by atoms with E-state index in [1.807, 2.05) is 0 Å². The molecule has 0 aromatic heterocycles. The molecule has 1 fully saturated rings. The Hall–Kier alpha value is -2.33. The van der Waals surface area contributed by atoms with Crippen molar-refractivity contribution in [1.29, 1.82) is 0 Å². The number of alkyl halides is 2. The molecule has 2 N–H and O–H groups in total. The first-order valence-electron chi connectivity index (χ1n) is 9.79. The molecule has 3 aromatic carbocycles. The zero-order chi connectivity index (χ0) is 25.7. The van der Waals surface area contributed by atoms with Crippen molar-refractivity contribution in [2.75, 3.05) is 10.6 Å².